The Hall–Kier alpha value is -0.910. The highest BCUT2D eigenvalue weighted by Gasteiger charge is 2.16. The van der Waals surface area contributed by atoms with E-state index in [0.29, 0.717) is 26.7 Å². The number of hydrogen-bond acceptors (Lipinski definition) is 1. The second-order valence-electron chi connectivity index (χ2n) is 3.50. The molecule has 0 atom stereocenters. The van der Waals surface area contributed by atoms with Gasteiger partial charge in [-0.3, -0.25) is 0 Å². The number of nitriles is 1. The van der Waals surface area contributed by atoms with Crippen molar-refractivity contribution >= 4 is 46.4 Å². The number of nitrogens with zero attached hydrogens (tertiary/aromatic N) is 1. The minimum atomic E-state index is 0.250. The van der Waals surface area contributed by atoms with Gasteiger partial charge in [-0.05, 0) is 18.2 Å². The minimum absolute atomic E-state index is 0.250. The third-order valence-electron chi connectivity index (χ3n) is 2.44. The summed E-state index contributed by atoms with van der Waals surface area (Å²) in [5.41, 5.74) is 1.58. The number of halogens is 4. The summed E-state index contributed by atoms with van der Waals surface area (Å²) >= 11 is 24.1. The van der Waals surface area contributed by atoms with Crippen LogP contribution in [0, 0.1) is 11.3 Å². The second kappa shape index (κ2) is 5.38. The molecule has 0 heterocycles. The molecule has 0 aliphatic carbocycles. The zero-order valence-electron chi connectivity index (χ0n) is 8.85. The van der Waals surface area contributed by atoms with Crippen LogP contribution in [-0.4, -0.2) is 0 Å². The summed E-state index contributed by atoms with van der Waals surface area (Å²) in [6.07, 6.45) is 0. The van der Waals surface area contributed by atoms with Gasteiger partial charge in [-0.25, -0.2) is 0 Å². The molecule has 5 heteroatoms. The number of benzene rings is 2. The van der Waals surface area contributed by atoms with Crippen molar-refractivity contribution in [2.75, 3.05) is 0 Å². The second-order valence-corrected chi connectivity index (χ2v) is 5.07. The van der Waals surface area contributed by atoms with E-state index in [2.05, 4.69) is 6.07 Å². The molecule has 0 spiro atoms. The molecular weight excluding hydrogens is 312 g/mol. The standard InChI is InChI=1S/C13H5Cl4N/c14-9-3-1-2-7(6-18)11(9)8-4-5-10(15)13(17)12(8)16/h1-5H. The van der Waals surface area contributed by atoms with Crippen LogP contribution in [0.25, 0.3) is 11.1 Å². The molecule has 2 aromatic carbocycles. The fourth-order valence-electron chi connectivity index (χ4n) is 1.61. The summed E-state index contributed by atoms with van der Waals surface area (Å²) in [6, 6.07) is 10.5. The molecule has 1 nitrogen and oxygen atoms in total. The minimum Gasteiger partial charge on any atom is -0.192 e. The first-order valence-corrected chi connectivity index (χ1v) is 6.40. The Bertz CT molecular complexity index is 659. The predicted octanol–water partition coefficient (Wildman–Crippen LogP) is 5.84. The van der Waals surface area contributed by atoms with Crippen LogP contribution in [0.2, 0.25) is 20.1 Å². The first kappa shape index (κ1) is 13.5. The molecule has 0 saturated heterocycles. The average Bonchev–Trinajstić information content (AvgIpc) is 2.37. The van der Waals surface area contributed by atoms with Gasteiger partial charge < -0.3 is 0 Å². The Morgan fingerprint density at radius 1 is 0.833 bits per heavy atom. The molecule has 0 fully saturated rings. The van der Waals surface area contributed by atoms with Crippen LogP contribution >= 0.6 is 46.4 Å². The normalized spacial score (nSPS) is 10.2. The summed E-state index contributed by atoms with van der Waals surface area (Å²) in [4.78, 5) is 0. The smallest absolute Gasteiger partial charge is 0.0998 e. The Morgan fingerprint density at radius 2 is 1.56 bits per heavy atom. The van der Waals surface area contributed by atoms with Gasteiger partial charge in [0.1, 0.15) is 0 Å². The molecular formula is C13H5Cl4N. The van der Waals surface area contributed by atoms with Gasteiger partial charge in [0.25, 0.3) is 0 Å². The lowest BCUT2D eigenvalue weighted by Crippen LogP contribution is -1.88. The highest BCUT2D eigenvalue weighted by atomic mass is 35.5. The summed E-state index contributed by atoms with van der Waals surface area (Å²) < 4.78 is 0. The van der Waals surface area contributed by atoms with E-state index in [0.717, 1.165) is 0 Å². The van der Waals surface area contributed by atoms with Crippen LogP contribution < -0.4 is 0 Å². The van der Waals surface area contributed by atoms with E-state index in [-0.39, 0.29) is 10.0 Å². The molecule has 0 saturated carbocycles. The maximum absolute atomic E-state index is 9.11. The molecule has 0 unspecified atom stereocenters. The molecule has 18 heavy (non-hydrogen) atoms. The van der Waals surface area contributed by atoms with Crippen LogP contribution in [0.4, 0.5) is 0 Å². The van der Waals surface area contributed by atoms with Crippen LogP contribution in [0.3, 0.4) is 0 Å². The van der Waals surface area contributed by atoms with E-state index in [1.54, 1.807) is 30.3 Å². The molecule has 0 radical (unpaired) electrons. The fourth-order valence-corrected chi connectivity index (χ4v) is 2.52. The van der Waals surface area contributed by atoms with Gasteiger partial charge >= 0.3 is 0 Å². The lowest BCUT2D eigenvalue weighted by molar-refractivity contribution is 1.48. The van der Waals surface area contributed by atoms with Crippen molar-refractivity contribution in [1.82, 2.24) is 0 Å². The third-order valence-corrected chi connectivity index (χ3v) is 4.05. The van der Waals surface area contributed by atoms with E-state index in [1.165, 1.54) is 0 Å². The topological polar surface area (TPSA) is 23.8 Å². The highest BCUT2D eigenvalue weighted by Crippen LogP contribution is 2.41. The molecule has 2 rings (SSSR count). The van der Waals surface area contributed by atoms with Gasteiger partial charge in [-0.15, -0.1) is 0 Å². The van der Waals surface area contributed by atoms with Gasteiger partial charge in [0.15, 0.2) is 0 Å². The SMILES string of the molecule is N#Cc1cccc(Cl)c1-c1ccc(Cl)c(Cl)c1Cl. The van der Waals surface area contributed by atoms with E-state index in [9.17, 15) is 0 Å². The van der Waals surface area contributed by atoms with Crippen molar-refractivity contribution in [1.29, 1.82) is 5.26 Å². The summed E-state index contributed by atoms with van der Waals surface area (Å²) in [7, 11) is 0. The quantitative estimate of drug-likeness (QED) is 0.606. The summed E-state index contributed by atoms with van der Waals surface area (Å²) in [5.74, 6) is 0. The van der Waals surface area contributed by atoms with Crippen LogP contribution in [-0.2, 0) is 0 Å². The van der Waals surface area contributed by atoms with Crippen molar-refractivity contribution in [2.45, 2.75) is 0 Å². The van der Waals surface area contributed by atoms with Crippen LogP contribution in [0.15, 0.2) is 30.3 Å². The summed E-state index contributed by atoms with van der Waals surface area (Å²) in [6.45, 7) is 0. The zero-order valence-corrected chi connectivity index (χ0v) is 11.9. The number of rotatable bonds is 1. The Balaban J connectivity index is 2.79. The van der Waals surface area contributed by atoms with E-state index < -0.39 is 0 Å². The molecule has 0 aliphatic rings. The molecule has 0 aliphatic heterocycles. The zero-order chi connectivity index (χ0) is 13.3. The Morgan fingerprint density at radius 3 is 2.22 bits per heavy atom. The van der Waals surface area contributed by atoms with Gasteiger partial charge in [-0.1, -0.05) is 58.5 Å². The highest BCUT2D eigenvalue weighted by molar-refractivity contribution is 6.49. The van der Waals surface area contributed by atoms with Gasteiger partial charge in [-0.2, -0.15) is 5.26 Å². The van der Waals surface area contributed by atoms with Crippen molar-refractivity contribution < 1.29 is 0 Å². The van der Waals surface area contributed by atoms with Gasteiger partial charge in [0.2, 0.25) is 0 Å². The molecule has 0 bridgehead atoms. The fraction of sp³-hybridized carbons (Fsp3) is 0. The predicted molar refractivity (Wildman–Crippen MR) is 76.6 cm³/mol. The average molecular weight is 317 g/mol. The Kier molecular flexibility index (Phi) is 4.04. The van der Waals surface area contributed by atoms with Crippen molar-refractivity contribution in [2.24, 2.45) is 0 Å². The Labute approximate surface area is 124 Å². The molecule has 0 amide bonds. The maximum Gasteiger partial charge on any atom is 0.0998 e. The largest absolute Gasteiger partial charge is 0.192 e. The lowest BCUT2D eigenvalue weighted by Gasteiger charge is -2.10. The van der Waals surface area contributed by atoms with Crippen LogP contribution in [0.5, 0.6) is 0 Å². The van der Waals surface area contributed by atoms with Crippen molar-refractivity contribution in [3.8, 4) is 17.2 Å². The van der Waals surface area contributed by atoms with Crippen molar-refractivity contribution in [3.05, 3.63) is 56.0 Å². The molecule has 2 aromatic rings. The maximum atomic E-state index is 9.11. The van der Waals surface area contributed by atoms with E-state index >= 15 is 0 Å². The molecule has 90 valence electrons. The monoisotopic (exact) mass is 315 g/mol. The van der Waals surface area contributed by atoms with Crippen molar-refractivity contribution in [3.63, 3.8) is 0 Å². The third kappa shape index (κ3) is 2.30. The molecule has 0 aromatic heterocycles. The van der Waals surface area contributed by atoms with Crippen LogP contribution in [0.1, 0.15) is 5.56 Å². The lowest BCUT2D eigenvalue weighted by atomic mass is 10.0. The van der Waals surface area contributed by atoms with Gasteiger partial charge in [0, 0.05) is 16.1 Å². The first-order valence-electron chi connectivity index (χ1n) is 4.88. The van der Waals surface area contributed by atoms with Gasteiger partial charge in [0.05, 0.1) is 26.7 Å². The first-order chi connectivity index (χ1) is 8.56. The molecule has 0 N–H and O–H groups in total. The number of hydrogen-bond donors (Lipinski definition) is 0. The van der Waals surface area contributed by atoms with E-state index in [1.807, 2.05) is 0 Å². The summed E-state index contributed by atoms with van der Waals surface area (Å²) in [5, 5.41) is 10.4. The van der Waals surface area contributed by atoms with E-state index in [4.69, 9.17) is 51.7 Å².